The first kappa shape index (κ1) is 25.6. The molecule has 9 heteroatoms. The van der Waals surface area contributed by atoms with Crippen molar-refractivity contribution in [2.45, 2.75) is 44.6 Å². The van der Waals surface area contributed by atoms with Crippen LogP contribution in [-0.2, 0) is 16.4 Å². The Morgan fingerprint density at radius 3 is 2.62 bits per heavy atom. The first-order valence-corrected chi connectivity index (χ1v) is 11.9. The highest BCUT2D eigenvalue weighted by Crippen LogP contribution is 2.25. The predicted molar refractivity (Wildman–Crippen MR) is 124 cm³/mol. The summed E-state index contributed by atoms with van der Waals surface area (Å²) in [4.78, 5) is 4.44. The molecule has 0 spiro atoms. The molecule has 0 fully saturated rings. The number of aliphatic hydroxyl groups is 1. The maximum Gasteiger partial charge on any atom is 0.242 e. The van der Waals surface area contributed by atoms with E-state index < -0.39 is 16.1 Å². The highest BCUT2D eigenvalue weighted by Gasteiger charge is 2.26. The maximum absolute atomic E-state index is 13.0. The Labute approximate surface area is 190 Å². The number of benzene rings is 1. The Morgan fingerprint density at radius 2 is 2.00 bits per heavy atom. The normalized spacial score (nSPS) is 12.9. The van der Waals surface area contributed by atoms with Crippen LogP contribution in [0.25, 0.3) is 0 Å². The van der Waals surface area contributed by atoms with Gasteiger partial charge in [-0.3, -0.25) is 0 Å². The molecule has 0 aliphatic heterocycles. The third-order valence-electron chi connectivity index (χ3n) is 5.22. The number of pyridine rings is 1. The lowest BCUT2D eigenvalue weighted by atomic mass is 9.87. The molecule has 0 saturated heterocycles. The van der Waals surface area contributed by atoms with E-state index in [1.165, 1.54) is 29.6 Å². The van der Waals surface area contributed by atoms with Gasteiger partial charge in [-0.1, -0.05) is 26.8 Å². The summed E-state index contributed by atoms with van der Waals surface area (Å²) >= 11 is 0. The summed E-state index contributed by atoms with van der Waals surface area (Å²) in [6, 6.07) is 12.0. The van der Waals surface area contributed by atoms with Gasteiger partial charge < -0.3 is 15.2 Å². The smallest absolute Gasteiger partial charge is 0.242 e. The molecule has 0 radical (unpaired) electrons. The van der Waals surface area contributed by atoms with Gasteiger partial charge in [-0.05, 0) is 36.1 Å². The van der Waals surface area contributed by atoms with Crippen molar-refractivity contribution >= 4 is 15.7 Å². The zero-order chi connectivity index (χ0) is 23.9. The third-order valence-corrected chi connectivity index (χ3v) is 7.08. The number of nitriles is 1. The van der Waals surface area contributed by atoms with E-state index in [1.807, 2.05) is 32.9 Å². The van der Waals surface area contributed by atoms with Gasteiger partial charge >= 0.3 is 0 Å². The maximum atomic E-state index is 13.0. The van der Waals surface area contributed by atoms with Gasteiger partial charge in [0.2, 0.25) is 15.9 Å². The number of hydrogen-bond donors (Lipinski definition) is 2. The Bertz CT molecular complexity index is 1060. The lowest BCUT2D eigenvalue weighted by molar-refractivity contribution is 0.0526. The lowest BCUT2D eigenvalue weighted by Gasteiger charge is -2.27. The average Bonchev–Trinajstić information content (AvgIpc) is 2.76. The predicted octanol–water partition coefficient (Wildman–Crippen LogP) is 3.03. The molecule has 0 bridgehead atoms. The Morgan fingerprint density at radius 1 is 1.28 bits per heavy atom. The van der Waals surface area contributed by atoms with E-state index in [4.69, 9.17) is 4.74 Å². The molecule has 1 aromatic heterocycles. The van der Waals surface area contributed by atoms with Crippen molar-refractivity contribution < 1.29 is 18.3 Å². The van der Waals surface area contributed by atoms with Crippen LogP contribution < -0.4 is 10.1 Å². The summed E-state index contributed by atoms with van der Waals surface area (Å²) in [6.45, 7) is 6.38. The minimum Gasteiger partial charge on any atom is -0.481 e. The molecule has 0 amide bonds. The highest BCUT2D eigenvalue weighted by atomic mass is 32.2. The topological polar surface area (TPSA) is 116 Å². The van der Waals surface area contributed by atoms with Crippen LogP contribution in [0.1, 0.15) is 38.4 Å². The average molecular weight is 461 g/mol. The van der Waals surface area contributed by atoms with Gasteiger partial charge in [0.1, 0.15) is 6.07 Å². The molecule has 1 unspecified atom stereocenters. The molecule has 1 atom stereocenters. The summed E-state index contributed by atoms with van der Waals surface area (Å²) in [5.41, 5.74) is 1.29. The number of aromatic nitrogens is 1. The SMILES string of the molecule is COc1cccc(CCNc2cc(S(=O)(=O)N(C)CCC(O)C(C)(C)C)ccc2C#N)n1. The summed E-state index contributed by atoms with van der Waals surface area (Å²) in [5, 5.41) is 22.8. The molecule has 2 rings (SSSR count). The van der Waals surface area contributed by atoms with E-state index in [-0.39, 0.29) is 16.9 Å². The second-order valence-corrected chi connectivity index (χ2v) is 10.7. The van der Waals surface area contributed by atoms with Crippen molar-refractivity contribution in [3.63, 3.8) is 0 Å². The minimum atomic E-state index is -3.77. The summed E-state index contributed by atoms with van der Waals surface area (Å²) in [7, 11) is -0.727. The van der Waals surface area contributed by atoms with Crippen LogP contribution in [0.2, 0.25) is 0 Å². The first-order chi connectivity index (χ1) is 15.0. The van der Waals surface area contributed by atoms with Crippen LogP contribution in [0.15, 0.2) is 41.3 Å². The van der Waals surface area contributed by atoms with Gasteiger partial charge in [-0.25, -0.2) is 17.7 Å². The minimum absolute atomic E-state index is 0.0891. The second kappa shape index (κ2) is 10.8. The molecule has 0 saturated carbocycles. The van der Waals surface area contributed by atoms with Crippen LogP contribution in [0, 0.1) is 16.7 Å². The van der Waals surface area contributed by atoms with Gasteiger partial charge in [0, 0.05) is 38.3 Å². The van der Waals surface area contributed by atoms with Gasteiger partial charge in [0.25, 0.3) is 0 Å². The quantitative estimate of drug-likeness (QED) is 0.560. The molecule has 0 aliphatic rings. The molecule has 0 aliphatic carbocycles. The molecule has 2 aromatic rings. The van der Waals surface area contributed by atoms with Crippen LogP contribution in [0.3, 0.4) is 0 Å². The first-order valence-electron chi connectivity index (χ1n) is 10.4. The molecule has 174 valence electrons. The third kappa shape index (κ3) is 6.66. The van der Waals surface area contributed by atoms with Gasteiger partial charge in [-0.2, -0.15) is 5.26 Å². The molecular formula is C23H32N4O4S. The number of anilines is 1. The van der Waals surface area contributed by atoms with E-state index in [0.717, 1.165) is 5.69 Å². The van der Waals surface area contributed by atoms with E-state index in [1.54, 1.807) is 13.2 Å². The number of aliphatic hydroxyl groups excluding tert-OH is 1. The number of nitrogens with one attached hydrogen (secondary N) is 1. The second-order valence-electron chi connectivity index (χ2n) is 8.66. The highest BCUT2D eigenvalue weighted by molar-refractivity contribution is 7.89. The fourth-order valence-corrected chi connectivity index (χ4v) is 4.21. The van der Waals surface area contributed by atoms with Crippen molar-refractivity contribution in [1.29, 1.82) is 5.26 Å². The van der Waals surface area contributed by atoms with E-state index in [0.29, 0.717) is 36.5 Å². The molecular weight excluding hydrogens is 428 g/mol. The van der Waals surface area contributed by atoms with Gasteiger partial charge in [0.15, 0.2) is 0 Å². The standard InChI is InChI=1S/C23H32N4O4S/c1-23(2,3)21(28)12-14-27(4)32(29,30)19-10-9-17(16-24)20(15-19)25-13-11-18-7-6-8-22(26-18)31-5/h6-10,15,21,25,28H,11-14H2,1-5H3. The largest absolute Gasteiger partial charge is 0.481 e. The number of hydrogen-bond acceptors (Lipinski definition) is 7. The van der Waals surface area contributed by atoms with Crippen LogP contribution in [0.5, 0.6) is 5.88 Å². The van der Waals surface area contributed by atoms with Crippen molar-refractivity contribution in [1.82, 2.24) is 9.29 Å². The number of nitrogens with zero attached hydrogens (tertiary/aromatic N) is 3. The Balaban J connectivity index is 2.12. The zero-order valence-electron chi connectivity index (χ0n) is 19.3. The van der Waals surface area contributed by atoms with E-state index >= 15 is 0 Å². The number of ether oxygens (including phenoxy) is 1. The van der Waals surface area contributed by atoms with Crippen LogP contribution in [0.4, 0.5) is 5.69 Å². The van der Waals surface area contributed by atoms with Crippen LogP contribution in [-0.4, -0.2) is 56.2 Å². The van der Waals surface area contributed by atoms with Crippen molar-refractivity contribution in [3.8, 4) is 11.9 Å². The molecule has 1 heterocycles. The number of sulfonamides is 1. The molecule has 2 N–H and O–H groups in total. The van der Waals surface area contributed by atoms with E-state index in [9.17, 15) is 18.8 Å². The summed E-state index contributed by atoms with van der Waals surface area (Å²) in [5.74, 6) is 0.521. The monoisotopic (exact) mass is 460 g/mol. The van der Waals surface area contributed by atoms with Crippen molar-refractivity contribution in [2.75, 3.05) is 32.6 Å². The van der Waals surface area contributed by atoms with Gasteiger partial charge in [0.05, 0.1) is 29.4 Å². The van der Waals surface area contributed by atoms with E-state index in [2.05, 4.69) is 16.4 Å². The lowest BCUT2D eigenvalue weighted by Crippen LogP contribution is -2.34. The molecule has 8 nitrogen and oxygen atoms in total. The van der Waals surface area contributed by atoms with Crippen molar-refractivity contribution in [2.24, 2.45) is 5.41 Å². The summed E-state index contributed by atoms with van der Waals surface area (Å²) in [6.07, 6.45) is 0.279. The number of methoxy groups -OCH3 is 1. The zero-order valence-corrected chi connectivity index (χ0v) is 20.1. The number of rotatable bonds is 10. The van der Waals surface area contributed by atoms with Crippen molar-refractivity contribution in [3.05, 3.63) is 47.7 Å². The fourth-order valence-electron chi connectivity index (χ4n) is 3.00. The fraction of sp³-hybridized carbons (Fsp3) is 0.478. The summed E-state index contributed by atoms with van der Waals surface area (Å²) < 4.78 is 32.4. The Hall–Kier alpha value is -2.67. The molecule has 32 heavy (non-hydrogen) atoms. The van der Waals surface area contributed by atoms with Gasteiger partial charge in [-0.15, -0.1) is 0 Å². The van der Waals surface area contributed by atoms with Crippen LogP contribution >= 0.6 is 0 Å². The molecule has 1 aromatic carbocycles. The Kier molecular flexibility index (Phi) is 8.61.